The summed E-state index contributed by atoms with van der Waals surface area (Å²) in [4.78, 5) is 25.2. The summed E-state index contributed by atoms with van der Waals surface area (Å²) in [7, 11) is 0. The Labute approximate surface area is 332 Å². The van der Waals surface area contributed by atoms with Crippen molar-refractivity contribution in [3.05, 3.63) is 60.8 Å². The van der Waals surface area contributed by atoms with Gasteiger partial charge in [0.05, 0.1) is 13.2 Å². The molecule has 316 valence electrons. The minimum Gasteiger partial charge on any atom is -0.462 e. The summed E-state index contributed by atoms with van der Waals surface area (Å²) >= 11 is 0. The summed E-state index contributed by atoms with van der Waals surface area (Å²) in [5.74, 6) is -0.917. The molecule has 0 aromatic heterocycles. The second-order valence-corrected chi connectivity index (χ2v) is 14.4. The van der Waals surface area contributed by atoms with Gasteiger partial charge in [-0.15, -0.1) is 0 Å². The topological polar surface area (TPSA) is 152 Å². The number of hydrogen-bond acceptors (Lipinski definition) is 10. The number of esters is 2. The van der Waals surface area contributed by atoms with Gasteiger partial charge < -0.3 is 39.4 Å². The summed E-state index contributed by atoms with van der Waals surface area (Å²) in [5.41, 5.74) is 0. The van der Waals surface area contributed by atoms with Gasteiger partial charge in [-0.05, 0) is 64.2 Å². The van der Waals surface area contributed by atoms with E-state index in [1.165, 1.54) is 64.2 Å². The lowest BCUT2D eigenvalue weighted by molar-refractivity contribution is -0.305. The SMILES string of the molecule is CC/C=C/C/C=C/C/C=C/C/C=C/CCCCC(=O)O[C@@H](COC(=O)CC/C=C/CCCCCCCCCCCCC)CO[C@H]1O[C@@H](CO)[C@@H](O)C(O)C1O. The smallest absolute Gasteiger partial charge is 0.306 e. The van der Waals surface area contributed by atoms with Crippen LogP contribution in [0.2, 0.25) is 0 Å². The molecule has 0 spiro atoms. The summed E-state index contributed by atoms with van der Waals surface area (Å²) in [6.45, 7) is 3.21. The van der Waals surface area contributed by atoms with Crippen molar-refractivity contribution in [1.29, 1.82) is 0 Å². The molecule has 0 saturated carbocycles. The van der Waals surface area contributed by atoms with Crippen LogP contribution in [-0.2, 0) is 28.5 Å². The zero-order chi connectivity index (χ0) is 40.2. The van der Waals surface area contributed by atoms with Crippen molar-refractivity contribution in [2.45, 2.75) is 192 Å². The maximum absolute atomic E-state index is 12.7. The van der Waals surface area contributed by atoms with Crippen LogP contribution in [0.25, 0.3) is 0 Å². The van der Waals surface area contributed by atoms with E-state index < -0.39 is 55.4 Å². The number of aliphatic hydroxyl groups is 4. The molecule has 6 atom stereocenters. The van der Waals surface area contributed by atoms with Crippen molar-refractivity contribution in [1.82, 2.24) is 0 Å². The third-order valence-corrected chi connectivity index (χ3v) is 9.40. The minimum atomic E-state index is -1.61. The summed E-state index contributed by atoms with van der Waals surface area (Å²) in [6.07, 6.45) is 35.3. The van der Waals surface area contributed by atoms with Crippen molar-refractivity contribution >= 4 is 11.9 Å². The van der Waals surface area contributed by atoms with Crippen molar-refractivity contribution in [2.75, 3.05) is 19.8 Å². The van der Waals surface area contributed by atoms with Crippen LogP contribution in [0.3, 0.4) is 0 Å². The predicted molar refractivity (Wildman–Crippen MR) is 219 cm³/mol. The molecule has 1 rings (SSSR count). The largest absolute Gasteiger partial charge is 0.462 e. The lowest BCUT2D eigenvalue weighted by atomic mass is 9.99. The van der Waals surface area contributed by atoms with Gasteiger partial charge >= 0.3 is 11.9 Å². The van der Waals surface area contributed by atoms with E-state index in [2.05, 4.69) is 68.5 Å². The van der Waals surface area contributed by atoms with Crippen molar-refractivity contribution < 1.29 is 49.0 Å². The molecule has 55 heavy (non-hydrogen) atoms. The monoisotopic (exact) mass is 777 g/mol. The van der Waals surface area contributed by atoms with Gasteiger partial charge in [0.2, 0.25) is 0 Å². The van der Waals surface area contributed by atoms with Gasteiger partial charge in [-0.2, -0.15) is 0 Å². The molecule has 0 aromatic carbocycles. The molecule has 1 aliphatic heterocycles. The lowest BCUT2D eigenvalue weighted by Crippen LogP contribution is -2.59. The van der Waals surface area contributed by atoms with Gasteiger partial charge in [0.25, 0.3) is 0 Å². The second-order valence-electron chi connectivity index (χ2n) is 14.4. The highest BCUT2D eigenvalue weighted by molar-refractivity contribution is 5.70. The molecule has 1 heterocycles. The highest BCUT2D eigenvalue weighted by Crippen LogP contribution is 2.22. The Morgan fingerprint density at radius 2 is 1.11 bits per heavy atom. The van der Waals surface area contributed by atoms with Gasteiger partial charge in [0.15, 0.2) is 12.4 Å². The predicted octanol–water partition coefficient (Wildman–Crippen LogP) is 8.66. The molecule has 10 nitrogen and oxygen atoms in total. The van der Waals surface area contributed by atoms with Crippen molar-refractivity contribution in [2.24, 2.45) is 0 Å². The van der Waals surface area contributed by atoms with Crippen LogP contribution in [0.4, 0.5) is 0 Å². The lowest BCUT2D eigenvalue weighted by Gasteiger charge is -2.39. The van der Waals surface area contributed by atoms with Gasteiger partial charge in [-0.1, -0.05) is 139 Å². The fourth-order valence-electron chi connectivity index (χ4n) is 6.02. The Morgan fingerprint density at radius 3 is 1.71 bits per heavy atom. The van der Waals surface area contributed by atoms with E-state index in [4.69, 9.17) is 18.9 Å². The van der Waals surface area contributed by atoms with Crippen LogP contribution in [0, 0.1) is 0 Å². The normalized spacial score (nSPS) is 21.2. The number of carbonyl (C=O) groups excluding carboxylic acids is 2. The first-order valence-corrected chi connectivity index (χ1v) is 21.4. The molecular formula is C45H76O10. The third-order valence-electron chi connectivity index (χ3n) is 9.40. The molecule has 0 radical (unpaired) electrons. The fraction of sp³-hybridized carbons (Fsp3) is 0.733. The molecular weight excluding hydrogens is 700 g/mol. The zero-order valence-corrected chi connectivity index (χ0v) is 34.2. The molecule has 1 saturated heterocycles. The van der Waals surface area contributed by atoms with E-state index in [0.717, 1.165) is 51.4 Å². The van der Waals surface area contributed by atoms with Crippen LogP contribution >= 0.6 is 0 Å². The molecule has 1 aliphatic rings. The zero-order valence-electron chi connectivity index (χ0n) is 34.2. The number of hydrogen-bond donors (Lipinski definition) is 4. The van der Waals surface area contributed by atoms with E-state index in [9.17, 15) is 30.0 Å². The number of aliphatic hydroxyl groups excluding tert-OH is 4. The van der Waals surface area contributed by atoms with Gasteiger partial charge in [0.1, 0.15) is 31.0 Å². The molecule has 0 aromatic rings. The van der Waals surface area contributed by atoms with Crippen molar-refractivity contribution in [3.8, 4) is 0 Å². The molecule has 1 fully saturated rings. The molecule has 2 unspecified atom stereocenters. The van der Waals surface area contributed by atoms with E-state index in [0.29, 0.717) is 12.8 Å². The minimum absolute atomic E-state index is 0.169. The van der Waals surface area contributed by atoms with Crippen LogP contribution < -0.4 is 0 Å². The fourth-order valence-corrected chi connectivity index (χ4v) is 6.02. The van der Waals surface area contributed by atoms with E-state index in [-0.39, 0.29) is 26.1 Å². The van der Waals surface area contributed by atoms with Crippen LogP contribution in [0.15, 0.2) is 60.8 Å². The Morgan fingerprint density at radius 1 is 0.582 bits per heavy atom. The van der Waals surface area contributed by atoms with Crippen molar-refractivity contribution in [3.63, 3.8) is 0 Å². The second kappa shape index (κ2) is 35.8. The first-order valence-electron chi connectivity index (χ1n) is 21.4. The highest BCUT2D eigenvalue weighted by Gasteiger charge is 2.44. The van der Waals surface area contributed by atoms with E-state index in [1.54, 1.807) is 0 Å². The average molecular weight is 777 g/mol. The number of carbonyl (C=O) groups is 2. The van der Waals surface area contributed by atoms with Crippen LogP contribution in [-0.4, -0.2) is 89.0 Å². The maximum atomic E-state index is 12.7. The summed E-state index contributed by atoms with van der Waals surface area (Å²) in [5, 5.41) is 40.0. The Kier molecular flexibility index (Phi) is 32.8. The standard InChI is InChI=1S/C45H76O10/c1-3-5-7-9-11-13-15-17-19-21-23-25-27-29-31-33-40(47)52-36-38(37-53-45-44(51)43(50)42(49)39(35-46)55-45)54-41(48)34-32-30-28-26-24-22-20-18-16-14-12-10-8-6-4-2/h6,8,12,14,18,20,24,26-27,29,38-39,42-46,49-51H,3-5,7,9-11,13,15-17,19,21-23,25,28,30-37H2,1-2H3/b8-6+,14-12+,20-18+,26-24+,29-27+/t38-,39-,42+,43?,44?,45-/m0/s1. The van der Waals surface area contributed by atoms with Crippen LogP contribution in [0.1, 0.15) is 155 Å². The van der Waals surface area contributed by atoms with E-state index in [1.807, 2.05) is 6.08 Å². The highest BCUT2D eigenvalue weighted by atomic mass is 16.7. The van der Waals surface area contributed by atoms with E-state index >= 15 is 0 Å². The molecule has 10 heteroatoms. The maximum Gasteiger partial charge on any atom is 0.306 e. The quantitative estimate of drug-likeness (QED) is 0.0284. The molecule has 0 amide bonds. The Bertz CT molecular complexity index is 1080. The van der Waals surface area contributed by atoms with Crippen LogP contribution in [0.5, 0.6) is 0 Å². The number of rotatable bonds is 34. The third kappa shape index (κ3) is 27.6. The first kappa shape index (κ1) is 50.4. The number of ether oxygens (including phenoxy) is 4. The average Bonchev–Trinajstić information content (AvgIpc) is 3.18. The number of allylic oxidation sites excluding steroid dienone is 10. The molecule has 4 N–H and O–H groups in total. The number of unbranched alkanes of at least 4 members (excludes halogenated alkanes) is 13. The van der Waals surface area contributed by atoms with Gasteiger partial charge in [0, 0.05) is 12.8 Å². The molecule has 0 aliphatic carbocycles. The van der Waals surface area contributed by atoms with Gasteiger partial charge in [-0.25, -0.2) is 0 Å². The molecule has 0 bridgehead atoms. The Hall–Kier alpha value is -2.60. The Balaban J connectivity index is 2.41. The first-order chi connectivity index (χ1) is 26.8. The van der Waals surface area contributed by atoms with Gasteiger partial charge in [-0.3, -0.25) is 9.59 Å². The summed E-state index contributed by atoms with van der Waals surface area (Å²) in [6, 6.07) is 0. The summed E-state index contributed by atoms with van der Waals surface area (Å²) < 4.78 is 22.0.